The van der Waals surface area contributed by atoms with E-state index in [0.717, 1.165) is 5.56 Å². The van der Waals surface area contributed by atoms with Gasteiger partial charge in [0.2, 0.25) is 0 Å². The molecule has 0 fully saturated rings. The maximum Gasteiger partial charge on any atom is 0.338 e. The number of carbonyl (C=O) groups excluding carboxylic acids is 1. The topological polar surface area (TPSA) is 69.9 Å². The van der Waals surface area contributed by atoms with Gasteiger partial charge in [0.1, 0.15) is 18.2 Å². The van der Waals surface area contributed by atoms with Crippen LogP contribution >= 0.6 is 22.9 Å². The average molecular weight is 563 g/mol. The van der Waals surface area contributed by atoms with Crippen LogP contribution in [0.3, 0.4) is 0 Å². The van der Waals surface area contributed by atoms with E-state index < -0.39 is 17.8 Å². The molecule has 1 aromatic heterocycles. The highest BCUT2D eigenvalue weighted by atomic mass is 35.5. The number of para-hydroxylation sites is 1. The predicted molar refractivity (Wildman–Crippen MR) is 149 cm³/mol. The van der Waals surface area contributed by atoms with Crippen molar-refractivity contribution in [1.82, 2.24) is 4.57 Å². The molecular weight excluding hydrogens is 539 g/mol. The van der Waals surface area contributed by atoms with Crippen molar-refractivity contribution in [3.63, 3.8) is 0 Å². The molecule has 0 spiro atoms. The zero-order valence-electron chi connectivity index (χ0n) is 21.2. The molecule has 39 heavy (non-hydrogen) atoms. The number of allylic oxidation sites excluding steroid dienone is 1. The molecule has 198 valence electrons. The molecule has 6 nitrogen and oxygen atoms in total. The van der Waals surface area contributed by atoms with Crippen molar-refractivity contribution in [2.24, 2.45) is 4.99 Å². The van der Waals surface area contributed by atoms with E-state index in [-0.39, 0.29) is 17.7 Å². The van der Waals surface area contributed by atoms with Gasteiger partial charge in [-0.25, -0.2) is 14.2 Å². The Hall–Kier alpha value is -4.01. The minimum Gasteiger partial charge on any atom is -0.488 e. The predicted octanol–water partition coefficient (Wildman–Crippen LogP) is 5.17. The van der Waals surface area contributed by atoms with Crippen LogP contribution in [0.25, 0.3) is 6.08 Å². The van der Waals surface area contributed by atoms with E-state index in [1.165, 1.54) is 28.0 Å². The fourth-order valence-electron chi connectivity index (χ4n) is 4.41. The van der Waals surface area contributed by atoms with E-state index in [9.17, 15) is 14.0 Å². The number of nitrogens with zero attached hydrogens (tertiary/aromatic N) is 2. The molecule has 0 saturated carbocycles. The Morgan fingerprint density at radius 1 is 1.13 bits per heavy atom. The second-order valence-corrected chi connectivity index (χ2v) is 10.3. The first-order chi connectivity index (χ1) is 18.9. The number of esters is 1. The summed E-state index contributed by atoms with van der Waals surface area (Å²) in [5.74, 6) is -0.386. The van der Waals surface area contributed by atoms with Gasteiger partial charge in [0.15, 0.2) is 4.80 Å². The maximum atomic E-state index is 13.8. The molecule has 1 atom stereocenters. The molecule has 1 aliphatic heterocycles. The zero-order valence-corrected chi connectivity index (χ0v) is 22.8. The summed E-state index contributed by atoms with van der Waals surface area (Å²) < 4.78 is 27.0. The van der Waals surface area contributed by atoms with E-state index in [1.807, 2.05) is 42.5 Å². The third kappa shape index (κ3) is 5.57. The molecule has 0 saturated heterocycles. The van der Waals surface area contributed by atoms with E-state index in [1.54, 1.807) is 38.1 Å². The molecule has 1 aliphatic rings. The van der Waals surface area contributed by atoms with Crippen LogP contribution in [0.1, 0.15) is 36.6 Å². The van der Waals surface area contributed by atoms with Crippen LogP contribution in [0.2, 0.25) is 5.02 Å². The normalized spacial score (nSPS) is 15.1. The first kappa shape index (κ1) is 26.6. The molecule has 0 N–H and O–H groups in total. The van der Waals surface area contributed by atoms with Crippen molar-refractivity contribution in [1.29, 1.82) is 0 Å². The van der Waals surface area contributed by atoms with Crippen LogP contribution in [0, 0.1) is 5.82 Å². The quantitative estimate of drug-likeness (QED) is 0.291. The molecule has 0 amide bonds. The first-order valence-electron chi connectivity index (χ1n) is 12.3. The fraction of sp³-hybridized carbons (Fsp3) is 0.167. The van der Waals surface area contributed by atoms with Crippen LogP contribution in [0.5, 0.6) is 5.75 Å². The number of carbonyl (C=O) groups is 1. The Bertz CT molecular complexity index is 1760. The Kier molecular flexibility index (Phi) is 7.77. The number of hydrogen-bond acceptors (Lipinski definition) is 6. The van der Waals surface area contributed by atoms with Crippen LogP contribution in [-0.2, 0) is 16.1 Å². The molecule has 4 aromatic rings. The van der Waals surface area contributed by atoms with E-state index in [2.05, 4.69) is 4.99 Å². The van der Waals surface area contributed by atoms with Crippen LogP contribution < -0.4 is 19.6 Å². The molecule has 9 heteroatoms. The summed E-state index contributed by atoms with van der Waals surface area (Å²) in [5.41, 5.74) is 2.56. The monoisotopic (exact) mass is 562 g/mol. The zero-order chi connectivity index (χ0) is 27.5. The summed E-state index contributed by atoms with van der Waals surface area (Å²) in [6, 6.07) is 19.7. The van der Waals surface area contributed by atoms with Crippen molar-refractivity contribution in [3.8, 4) is 5.75 Å². The van der Waals surface area contributed by atoms with Gasteiger partial charge in [0.05, 0.1) is 28.5 Å². The van der Waals surface area contributed by atoms with Crippen LogP contribution in [-0.4, -0.2) is 17.1 Å². The van der Waals surface area contributed by atoms with E-state index in [0.29, 0.717) is 43.5 Å². The fourth-order valence-corrected chi connectivity index (χ4v) is 5.66. The van der Waals surface area contributed by atoms with Crippen molar-refractivity contribution in [2.45, 2.75) is 26.5 Å². The summed E-state index contributed by atoms with van der Waals surface area (Å²) in [6.45, 7) is 3.89. The highest BCUT2D eigenvalue weighted by Crippen LogP contribution is 2.31. The molecule has 2 heterocycles. The van der Waals surface area contributed by atoms with Gasteiger partial charge in [-0.3, -0.25) is 9.36 Å². The summed E-state index contributed by atoms with van der Waals surface area (Å²) in [4.78, 5) is 31.8. The summed E-state index contributed by atoms with van der Waals surface area (Å²) in [7, 11) is 0. The maximum absolute atomic E-state index is 13.8. The van der Waals surface area contributed by atoms with Gasteiger partial charge in [-0.2, -0.15) is 0 Å². The molecule has 5 rings (SSSR count). The molecule has 0 radical (unpaired) electrons. The molecule has 0 unspecified atom stereocenters. The van der Waals surface area contributed by atoms with Crippen molar-refractivity contribution in [2.75, 3.05) is 6.61 Å². The Balaban J connectivity index is 1.59. The number of hydrogen-bond donors (Lipinski definition) is 0. The van der Waals surface area contributed by atoms with Gasteiger partial charge >= 0.3 is 5.97 Å². The second kappa shape index (κ2) is 11.4. The number of halogens is 2. The Labute approximate surface area is 232 Å². The lowest BCUT2D eigenvalue weighted by molar-refractivity contribution is -0.139. The lowest BCUT2D eigenvalue weighted by Crippen LogP contribution is -2.39. The number of rotatable bonds is 7. The minimum atomic E-state index is -0.808. The van der Waals surface area contributed by atoms with Crippen molar-refractivity contribution < 1.29 is 18.7 Å². The average Bonchev–Trinajstić information content (AvgIpc) is 3.22. The summed E-state index contributed by atoms with van der Waals surface area (Å²) in [5, 5.41) is 0.624. The van der Waals surface area contributed by atoms with Gasteiger partial charge in [-0.1, -0.05) is 65.4 Å². The van der Waals surface area contributed by atoms with E-state index >= 15 is 0 Å². The SMILES string of the molecule is CCOC(=O)C1=C(C)N=c2s/c(=C\c3ccccc3OCc3cccc(Cl)c3)c(=O)n2[C@@H]1c1ccc(F)cc1. The van der Waals surface area contributed by atoms with Gasteiger partial charge in [0.25, 0.3) is 5.56 Å². The van der Waals surface area contributed by atoms with Gasteiger partial charge in [-0.05, 0) is 61.4 Å². The molecular formula is C30H24ClFN2O4S. The summed E-state index contributed by atoms with van der Waals surface area (Å²) in [6.07, 6.45) is 1.75. The first-order valence-corrected chi connectivity index (χ1v) is 13.5. The number of aromatic nitrogens is 1. The van der Waals surface area contributed by atoms with Crippen molar-refractivity contribution in [3.05, 3.63) is 131 Å². The largest absolute Gasteiger partial charge is 0.488 e. The molecule has 0 bridgehead atoms. The lowest BCUT2D eigenvalue weighted by atomic mass is 9.96. The number of fused-ring (bicyclic) bond motifs is 1. The standard InChI is InChI=1S/C30H24ClFN2O4S/c1-3-37-29(36)26-18(2)33-30-34(27(26)20-11-13-23(32)14-12-20)28(35)25(39-30)16-21-8-4-5-10-24(21)38-17-19-7-6-9-22(31)15-19/h4-16,27H,3,17H2,1-2H3/b25-16-/t27-/m1/s1. The highest BCUT2D eigenvalue weighted by molar-refractivity contribution is 7.07. The number of benzene rings is 3. The second-order valence-electron chi connectivity index (χ2n) is 8.81. The number of ether oxygens (including phenoxy) is 2. The third-order valence-corrected chi connectivity index (χ3v) is 7.41. The third-order valence-electron chi connectivity index (χ3n) is 6.19. The van der Waals surface area contributed by atoms with E-state index in [4.69, 9.17) is 21.1 Å². The van der Waals surface area contributed by atoms with Gasteiger partial charge < -0.3 is 9.47 Å². The van der Waals surface area contributed by atoms with Crippen molar-refractivity contribution >= 4 is 35.0 Å². The van der Waals surface area contributed by atoms with Crippen LogP contribution in [0.4, 0.5) is 4.39 Å². The van der Waals surface area contributed by atoms with Gasteiger partial charge in [-0.15, -0.1) is 0 Å². The Morgan fingerprint density at radius 3 is 2.64 bits per heavy atom. The smallest absolute Gasteiger partial charge is 0.338 e. The number of thiazole rings is 1. The highest BCUT2D eigenvalue weighted by Gasteiger charge is 2.33. The van der Waals surface area contributed by atoms with Gasteiger partial charge in [0, 0.05) is 10.6 Å². The molecule has 0 aliphatic carbocycles. The molecule has 3 aromatic carbocycles. The summed E-state index contributed by atoms with van der Waals surface area (Å²) >= 11 is 7.31. The van der Waals surface area contributed by atoms with Crippen LogP contribution in [0.15, 0.2) is 93.9 Å². The lowest BCUT2D eigenvalue weighted by Gasteiger charge is -2.24. The Morgan fingerprint density at radius 2 is 1.90 bits per heavy atom. The minimum absolute atomic E-state index is 0.169.